The van der Waals surface area contributed by atoms with E-state index in [1.54, 1.807) is 14.2 Å². The molecule has 1 aromatic carbocycles. The van der Waals surface area contributed by atoms with Gasteiger partial charge in [0.05, 0.1) is 18.7 Å². The lowest BCUT2D eigenvalue weighted by Crippen LogP contribution is -2.40. The number of aromatic nitrogens is 1. The average Bonchev–Trinajstić information content (AvgIpc) is 2.92. The van der Waals surface area contributed by atoms with Crippen LogP contribution in [0.2, 0.25) is 5.02 Å². The third-order valence-corrected chi connectivity index (χ3v) is 4.49. The van der Waals surface area contributed by atoms with Crippen molar-refractivity contribution in [2.45, 2.75) is 19.4 Å². The Morgan fingerprint density at radius 3 is 2.72 bits per heavy atom. The minimum Gasteiger partial charge on any atom is -0.496 e. The van der Waals surface area contributed by atoms with Crippen LogP contribution in [-0.2, 0) is 13.6 Å². The zero-order chi connectivity index (χ0) is 18.4. The second-order valence-corrected chi connectivity index (χ2v) is 6.62. The number of aliphatic imine (C=N–C) groups is 1. The summed E-state index contributed by atoms with van der Waals surface area (Å²) in [6, 6.07) is 10.1. The molecule has 0 saturated heterocycles. The van der Waals surface area contributed by atoms with Crippen molar-refractivity contribution < 1.29 is 4.74 Å². The zero-order valence-corrected chi connectivity index (χ0v) is 16.3. The number of ether oxygens (including phenoxy) is 1. The van der Waals surface area contributed by atoms with Crippen molar-refractivity contribution in [2.75, 3.05) is 27.7 Å². The number of para-hydroxylation sites is 1. The summed E-state index contributed by atoms with van der Waals surface area (Å²) < 4.78 is 7.49. The van der Waals surface area contributed by atoms with Crippen molar-refractivity contribution in [3.63, 3.8) is 0 Å². The molecule has 0 aliphatic rings. The van der Waals surface area contributed by atoms with Crippen LogP contribution >= 0.6 is 11.6 Å². The fraction of sp³-hybridized carbons (Fsp3) is 0.421. The van der Waals surface area contributed by atoms with Gasteiger partial charge in [0.15, 0.2) is 5.96 Å². The lowest BCUT2D eigenvalue weighted by molar-refractivity contribution is 0.405. The van der Waals surface area contributed by atoms with Crippen molar-refractivity contribution in [3.05, 3.63) is 52.8 Å². The fourth-order valence-electron chi connectivity index (χ4n) is 2.85. The lowest BCUT2D eigenvalue weighted by atomic mass is 10.0. The van der Waals surface area contributed by atoms with Crippen LogP contribution in [-0.4, -0.2) is 43.2 Å². The maximum atomic E-state index is 6.06. The first kappa shape index (κ1) is 19.2. The number of benzene rings is 1. The first-order chi connectivity index (χ1) is 12.0. The van der Waals surface area contributed by atoms with E-state index in [1.165, 1.54) is 5.56 Å². The van der Waals surface area contributed by atoms with Crippen LogP contribution in [0.3, 0.4) is 0 Å². The van der Waals surface area contributed by atoms with Gasteiger partial charge in [-0.25, -0.2) is 0 Å². The summed E-state index contributed by atoms with van der Waals surface area (Å²) in [6.07, 6.45) is 1.91. The molecule has 6 heteroatoms. The van der Waals surface area contributed by atoms with Gasteiger partial charge < -0.3 is 19.5 Å². The molecule has 5 nitrogen and oxygen atoms in total. The third kappa shape index (κ3) is 4.92. The number of halogens is 1. The highest BCUT2D eigenvalue weighted by Gasteiger charge is 2.14. The van der Waals surface area contributed by atoms with E-state index in [0.29, 0.717) is 5.92 Å². The van der Waals surface area contributed by atoms with Crippen molar-refractivity contribution in [1.82, 2.24) is 14.8 Å². The summed E-state index contributed by atoms with van der Waals surface area (Å²) in [5, 5.41) is 4.19. The molecule has 1 unspecified atom stereocenters. The van der Waals surface area contributed by atoms with E-state index in [1.807, 2.05) is 49.1 Å². The molecule has 0 fully saturated rings. The summed E-state index contributed by atoms with van der Waals surface area (Å²) in [7, 11) is 7.51. The van der Waals surface area contributed by atoms with E-state index in [-0.39, 0.29) is 0 Å². The molecular weight excluding hydrogens is 336 g/mol. The molecule has 0 amide bonds. The predicted molar refractivity (Wildman–Crippen MR) is 105 cm³/mol. The van der Waals surface area contributed by atoms with Gasteiger partial charge in [-0.05, 0) is 17.7 Å². The molecule has 2 rings (SSSR count). The van der Waals surface area contributed by atoms with Crippen molar-refractivity contribution in [1.29, 1.82) is 0 Å². The van der Waals surface area contributed by atoms with Gasteiger partial charge in [-0.2, -0.15) is 0 Å². The van der Waals surface area contributed by atoms with E-state index < -0.39 is 0 Å². The topological polar surface area (TPSA) is 41.8 Å². The summed E-state index contributed by atoms with van der Waals surface area (Å²) in [4.78, 5) is 6.47. The standard InChI is InChI=1S/C19H27ClN4O/c1-14(17-8-6-7-9-18(17)25-5)11-22-19(21-2)24(4)13-16-10-15(20)12-23(16)3/h6-10,12,14H,11,13H2,1-5H3,(H,21,22). The van der Waals surface area contributed by atoms with Crippen LogP contribution in [0.4, 0.5) is 0 Å². The number of rotatable bonds is 6. The zero-order valence-electron chi connectivity index (χ0n) is 15.6. The van der Waals surface area contributed by atoms with Gasteiger partial charge in [-0.1, -0.05) is 36.7 Å². The largest absolute Gasteiger partial charge is 0.496 e. The maximum absolute atomic E-state index is 6.06. The lowest BCUT2D eigenvalue weighted by Gasteiger charge is -2.24. The number of guanidine groups is 1. The van der Waals surface area contributed by atoms with Gasteiger partial charge in [-0.3, -0.25) is 4.99 Å². The highest BCUT2D eigenvalue weighted by atomic mass is 35.5. The van der Waals surface area contributed by atoms with E-state index in [2.05, 4.69) is 28.2 Å². The third-order valence-electron chi connectivity index (χ3n) is 4.28. The van der Waals surface area contributed by atoms with Gasteiger partial charge >= 0.3 is 0 Å². The number of nitrogens with one attached hydrogen (secondary N) is 1. The van der Waals surface area contributed by atoms with Gasteiger partial charge in [0, 0.05) is 45.5 Å². The molecule has 1 aromatic heterocycles. The van der Waals surface area contributed by atoms with Crippen LogP contribution in [0.15, 0.2) is 41.5 Å². The second kappa shape index (κ2) is 8.81. The summed E-state index contributed by atoms with van der Waals surface area (Å²) in [5.41, 5.74) is 2.32. The Kier molecular flexibility index (Phi) is 6.76. The van der Waals surface area contributed by atoms with Crippen LogP contribution in [0.5, 0.6) is 5.75 Å². The molecule has 2 aromatic rings. The molecule has 0 spiro atoms. The molecule has 136 valence electrons. The van der Waals surface area contributed by atoms with Crippen molar-refractivity contribution >= 4 is 17.6 Å². The predicted octanol–water partition coefficient (Wildman–Crippen LogP) is 3.50. The molecule has 0 aliphatic heterocycles. The van der Waals surface area contributed by atoms with Gasteiger partial charge in [-0.15, -0.1) is 0 Å². The van der Waals surface area contributed by atoms with Gasteiger partial charge in [0.1, 0.15) is 5.75 Å². The summed E-state index contributed by atoms with van der Waals surface area (Å²) >= 11 is 6.06. The first-order valence-corrected chi connectivity index (χ1v) is 8.69. The van der Waals surface area contributed by atoms with Crippen molar-refractivity contribution in [2.24, 2.45) is 12.0 Å². The number of aryl methyl sites for hydroxylation is 1. The van der Waals surface area contributed by atoms with Crippen LogP contribution in [0.1, 0.15) is 24.1 Å². The molecule has 1 heterocycles. The molecule has 25 heavy (non-hydrogen) atoms. The molecule has 0 radical (unpaired) electrons. The van der Waals surface area contributed by atoms with Crippen molar-refractivity contribution in [3.8, 4) is 5.75 Å². The Hall–Kier alpha value is -2.14. The molecule has 0 saturated carbocycles. The molecule has 1 atom stereocenters. The quantitative estimate of drug-likeness (QED) is 0.631. The summed E-state index contributed by atoms with van der Waals surface area (Å²) in [6.45, 7) is 3.67. The Morgan fingerprint density at radius 2 is 2.12 bits per heavy atom. The monoisotopic (exact) mass is 362 g/mol. The SMILES string of the molecule is CN=C(NCC(C)c1ccccc1OC)N(C)Cc1cc(Cl)cn1C. The van der Waals surface area contributed by atoms with Gasteiger partial charge in [0.25, 0.3) is 0 Å². The van der Waals surface area contributed by atoms with E-state index in [0.717, 1.165) is 35.5 Å². The smallest absolute Gasteiger partial charge is 0.193 e. The molecule has 1 N–H and O–H groups in total. The molecule has 0 aliphatic carbocycles. The van der Waals surface area contributed by atoms with Crippen LogP contribution in [0.25, 0.3) is 0 Å². The number of nitrogens with zero attached hydrogens (tertiary/aromatic N) is 3. The van der Waals surface area contributed by atoms with Crippen LogP contribution in [0, 0.1) is 0 Å². The highest BCUT2D eigenvalue weighted by Crippen LogP contribution is 2.25. The second-order valence-electron chi connectivity index (χ2n) is 6.19. The number of methoxy groups -OCH3 is 1. The number of hydrogen-bond acceptors (Lipinski definition) is 2. The van der Waals surface area contributed by atoms with E-state index in [9.17, 15) is 0 Å². The first-order valence-electron chi connectivity index (χ1n) is 8.31. The fourth-order valence-corrected chi connectivity index (χ4v) is 3.13. The van der Waals surface area contributed by atoms with E-state index >= 15 is 0 Å². The van der Waals surface area contributed by atoms with Gasteiger partial charge in [0.2, 0.25) is 0 Å². The normalized spacial score (nSPS) is 12.8. The average molecular weight is 363 g/mol. The minimum atomic E-state index is 0.297. The Balaban J connectivity index is 1.98. The Morgan fingerprint density at radius 1 is 1.40 bits per heavy atom. The maximum Gasteiger partial charge on any atom is 0.193 e. The molecule has 0 bridgehead atoms. The van der Waals surface area contributed by atoms with Crippen LogP contribution < -0.4 is 10.1 Å². The Labute approximate surface area is 155 Å². The Bertz CT molecular complexity index is 726. The minimum absolute atomic E-state index is 0.297. The number of hydrogen-bond donors (Lipinski definition) is 1. The highest BCUT2D eigenvalue weighted by molar-refractivity contribution is 6.30. The van der Waals surface area contributed by atoms with E-state index in [4.69, 9.17) is 16.3 Å². The molecular formula is C19H27ClN4O. The summed E-state index contributed by atoms with van der Waals surface area (Å²) in [5.74, 6) is 2.06.